The molecule has 1 saturated carbocycles. The molecule has 0 amide bonds. The second-order valence-electron chi connectivity index (χ2n) is 6.26. The Morgan fingerprint density at radius 3 is 2.00 bits per heavy atom. The largest absolute Gasteiger partial charge is 0.0683 e. The molecule has 0 unspecified atom stereocenters. The van der Waals surface area contributed by atoms with E-state index in [1.807, 2.05) is 13.8 Å². The first-order valence-electron chi connectivity index (χ1n) is 8.79. The average molecular weight is 274 g/mol. The van der Waals surface area contributed by atoms with Gasteiger partial charge in [-0.05, 0) is 61.0 Å². The van der Waals surface area contributed by atoms with Crippen LogP contribution in [0.4, 0.5) is 0 Å². The standard InChI is InChI=1S/C18H28.C2H6/c1-4-12-18(13-10-15(3)11-14-18)17-8-6-16(5-2)7-9-17;1-2/h6-9,15H,4-5,10-14H2,1-3H3;1-2H3. The first-order chi connectivity index (χ1) is 9.70. The third kappa shape index (κ3) is 4.11. The highest BCUT2D eigenvalue weighted by molar-refractivity contribution is 5.30. The summed E-state index contributed by atoms with van der Waals surface area (Å²) in [6.45, 7) is 11.0. The van der Waals surface area contributed by atoms with Crippen LogP contribution in [0.25, 0.3) is 0 Å². The van der Waals surface area contributed by atoms with Crippen molar-refractivity contribution >= 4 is 0 Å². The van der Waals surface area contributed by atoms with Gasteiger partial charge in [0.15, 0.2) is 0 Å². The maximum absolute atomic E-state index is 2.41. The molecule has 0 heteroatoms. The van der Waals surface area contributed by atoms with E-state index in [0.717, 1.165) is 12.3 Å². The molecule has 1 aromatic rings. The molecule has 0 nitrogen and oxygen atoms in total. The summed E-state index contributed by atoms with van der Waals surface area (Å²) in [6, 6.07) is 9.49. The Labute approximate surface area is 127 Å². The Balaban J connectivity index is 0.000000956. The first kappa shape index (κ1) is 17.3. The van der Waals surface area contributed by atoms with Gasteiger partial charge in [-0.3, -0.25) is 0 Å². The van der Waals surface area contributed by atoms with Crippen molar-refractivity contribution in [2.75, 3.05) is 0 Å². The van der Waals surface area contributed by atoms with E-state index in [-0.39, 0.29) is 0 Å². The van der Waals surface area contributed by atoms with E-state index >= 15 is 0 Å². The fraction of sp³-hybridized carbons (Fsp3) is 0.700. The van der Waals surface area contributed by atoms with E-state index < -0.39 is 0 Å². The van der Waals surface area contributed by atoms with Crippen LogP contribution in [0.2, 0.25) is 0 Å². The van der Waals surface area contributed by atoms with Crippen molar-refractivity contribution in [1.82, 2.24) is 0 Å². The van der Waals surface area contributed by atoms with Gasteiger partial charge < -0.3 is 0 Å². The number of hydrogen-bond acceptors (Lipinski definition) is 0. The molecule has 0 bridgehead atoms. The van der Waals surface area contributed by atoms with Crippen molar-refractivity contribution in [1.29, 1.82) is 0 Å². The quantitative estimate of drug-likeness (QED) is 0.586. The molecule has 1 fully saturated rings. The summed E-state index contributed by atoms with van der Waals surface area (Å²) in [6.07, 6.45) is 9.44. The fourth-order valence-corrected chi connectivity index (χ4v) is 3.57. The van der Waals surface area contributed by atoms with Gasteiger partial charge in [0.2, 0.25) is 0 Å². The lowest BCUT2D eigenvalue weighted by Gasteiger charge is -2.40. The zero-order chi connectivity index (χ0) is 15.0. The second-order valence-corrected chi connectivity index (χ2v) is 6.26. The molecule has 0 saturated heterocycles. The lowest BCUT2D eigenvalue weighted by atomic mass is 9.65. The first-order valence-corrected chi connectivity index (χ1v) is 8.79. The molecule has 0 aromatic heterocycles. The highest BCUT2D eigenvalue weighted by Crippen LogP contribution is 2.44. The summed E-state index contributed by atoms with van der Waals surface area (Å²) in [4.78, 5) is 0. The predicted octanol–water partition coefficient (Wildman–Crippen LogP) is 6.52. The Hall–Kier alpha value is -0.780. The fourth-order valence-electron chi connectivity index (χ4n) is 3.57. The van der Waals surface area contributed by atoms with Crippen LogP contribution in [0.15, 0.2) is 24.3 Å². The maximum Gasteiger partial charge on any atom is -0.00469 e. The number of hydrogen-bond donors (Lipinski definition) is 0. The molecule has 1 aliphatic carbocycles. The van der Waals surface area contributed by atoms with Crippen LogP contribution in [-0.4, -0.2) is 0 Å². The van der Waals surface area contributed by atoms with Crippen LogP contribution in [0.5, 0.6) is 0 Å². The average Bonchev–Trinajstić information content (AvgIpc) is 2.52. The van der Waals surface area contributed by atoms with Crippen molar-refractivity contribution in [2.45, 2.75) is 85.0 Å². The minimum Gasteiger partial charge on any atom is -0.0683 e. The third-order valence-electron chi connectivity index (χ3n) is 4.93. The van der Waals surface area contributed by atoms with Gasteiger partial charge in [0.05, 0.1) is 0 Å². The van der Waals surface area contributed by atoms with Crippen LogP contribution in [-0.2, 0) is 11.8 Å². The van der Waals surface area contributed by atoms with Gasteiger partial charge in [-0.2, -0.15) is 0 Å². The zero-order valence-corrected chi connectivity index (χ0v) is 14.3. The Morgan fingerprint density at radius 1 is 1.00 bits per heavy atom. The van der Waals surface area contributed by atoms with Crippen molar-refractivity contribution in [3.05, 3.63) is 35.4 Å². The summed E-state index contributed by atoms with van der Waals surface area (Å²) >= 11 is 0. The number of benzene rings is 1. The molecule has 0 aliphatic heterocycles. The molecule has 0 heterocycles. The highest BCUT2D eigenvalue weighted by atomic mass is 14.4. The molecule has 2 rings (SSSR count). The van der Waals surface area contributed by atoms with Gasteiger partial charge in [0.1, 0.15) is 0 Å². The zero-order valence-electron chi connectivity index (χ0n) is 14.3. The van der Waals surface area contributed by atoms with Gasteiger partial charge >= 0.3 is 0 Å². The highest BCUT2D eigenvalue weighted by Gasteiger charge is 2.34. The summed E-state index contributed by atoms with van der Waals surface area (Å²) in [5.74, 6) is 0.935. The molecule has 0 spiro atoms. The maximum atomic E-state index is 2.41. The van der Waals surface area contributed by atoms with Gasteiger partial charge in [0, 0.05) is 0 Å². The van der Waals surface area contributed by atoms with Crippen molar-refractivity contribution < 1.29 is 0 Å². The SMILES string of the molecule is CC.CCCC1(c2ccc(CC)cc2)CCC(C)CC1. The van der Waals surface area contributed by atoms with Crippen molar-refractivity contribution in [2.24, 2.45) is 5.92 Å². The van der Waals surface area contributed by atoms with Crippen LogP contribution in [0.1, 0.15) is 84.3 Å². The monoisotopic (exact) mass is 274 g/mol. The minimum absolute atomic E-state index is 0.494. The van der Waals surface area contributed by atoms with E-state index in [4.69, 9.17) is 0 Å². The molecule has 1 aliphatic rings. The summed E-state index contributed by atoms with van der Waals surface area (Å²) < 4.78 is 0. The second kappa shape index (κ2) is 8.49. The molecule has 0 atom stereocenters. The number of aryl methyl sites for hydroxylation is 1. The van der Waals surface area contributed by atoms with E-state index in [1.54, 1.807) is 5.56 Å². The number of rotatable bonds is 4. The Bertz CT molecular complexity index is 352. The molecule has 20 heavy (non-hydrogen) atoms. The predicted molar refractivity (Wildman–Crippen MR) is 91.4 cm³/mol. The van der Waals surface area contributed by atoms with E-state index in [9.17, 15) is 0 Å². The van der Waals surface area contributed by atoms with Crippen LogP contribution < -0.4 is 0 Å². The lowest BCUT2D eigenvalue weighted by molar-refractivity contribution is 0.226. The van der Waals surface area contributed by atoms with E-state index in [2.05, 4.69) is 45.0 Å². The molecule has 0 radical (unpaired) electrons. The Kier molecular flexibility index (Phi) is 7.34. The molecule has 114 valence electrons. The summed E-state index contributed by atoms with van der Waals surface area (Å²) in [5.41, 5.74) is 3.57. The van der Waals surface area contributed by atoms with Crippen LogP contribution in [0, 0.1) is 5.92 Å². The molecule has 0 N–H and O–H groups in total. The van der Waals surface area contributed by atoms with E-state index in [1.165, 1.54) is 44.1 Å². The topological polar surface area (TPSA) is 0 Å². The van der Waals surface area contributed by atoms with Crippen molar-refractivity contribution in [3.8, 4) is 0 Å². The molecule has 1 aromatic carbocycles. The van der Waals surface area contributed by atoms with Gasteiger partial charge in [-0.15, -0.1) is 0 Å². The van der Waals surface area contributed by atoms with Crippen LogP contribution >= 0.6 is 0 Å². The van der Waals surface area contributed by atoms with Gasteiger partial charge in [-0.1, -0.05) is 65.3 Å². The van der Waals surface area contributed by atoms with E-state index in [0.29, 0.717) is 5.41 Å². The normalized spacial score (nSPS) is 25.8. The smallest absolute Gasteiger partial charge is 0.00469 e. The summed E-state index contributed by atoms with van der Waals surface area (Å²) in [5, 5.41) is 0. The molecular formula is C20H34. The molecular weight excluding hydrogens is 240 g/mol. The Morgan fingerprint density at radius 2 is 1.55 bits per heavy atom. The van der Waals surface area contributed by atoms with Gasteiger partial charge in [0.25, 0.3) is 0 Å². The van der Waals surface area contributed by atoms with Crippen molar-refractivity contribution in [3.63, 3.8) is 0 Å². The summed E-state index contributed by atoms with van der Waals surface area (Å²) in [7, 11) is 0. The minimum atomic E-state index is 0.494. The lowest BCUT2D eigenvalue weighted by Crippen LogP contribution is -2.31. The van der Waals surface area contributed by atoms with Crippen LogP contribution in [0.3, 0.4) is 0 Å². The van der Waals surface area contributed by atoms with Gasteiger partial charge in [-0.25, -0.2) is 0 Å². The third-order valence-corrected chi connectivity index (χ3v) is 4.93.